The number of hydrogen-bond acceptors (Lipinski definition) is 4. The Morgan fingerprint density at radius 3 is 1.26 bits per heavy atom. The molecule has 0 aliphatic carbocycles. The van der Waals surface area contributed by atoms with Gasteiger partial charge in [0.15, 0.2) is 0 Å². The molecule has 2 fully saturated rings. The number of amides is 2. The van der Waals surface area contributed by atoms with Crippen molar-refractivity contribution in [2.75, 3.05) is 49.9 Å². The van der Waals surface area contributed by atoms with Gasteiger partial charge in [-0.3, -0.25) is 19.4 Å². The molecule has 0 bridgehead atoms. The maximum Gasteiger partial charge on any atom is 0.406 e. The van der Waals surface area contributed by atoms with E-state index in [2.05, 4.69) is 10.6 Å². The zero-order valence-electron chi connectivity index (χ0n) is 23.2. The SMILES string of the molecule is O=C(CN1CCCC1)Nc1ccc(C(c2ccc(F)cc2)(c2ccc(NC(=O)CN3CCCC3)cc2)C(F)(F)F)cc1. The number of anilines is 2. The first-order valence-corrected chi connectivity index (χ1v) is 14.2. The second-order valence-electron chi connectivity index (χ2n) is 11.0. The molecule has 6 nitrogen and oxygen atoms in total. The van der Waals surface area contributed by atoms with Crippen molar-refractivity contribution in [1.29, 1.82) is 0 Å². The van der Waals surface area contributed by atoms with Gasteiger partial charge in [-0.15, -0.1) is 0 Å². The van der Waals surface area contributed by atoms with Gasteiger partial charge in [0.25, 0.3) is 0 Å². The summed E-state index contributed by atoms with van der Waals surface area (Å²) < 4.78 is 59.9. The number of nitrogens with zero attached hydrogens (tertiary/aromatic N) is 2. The van der Waals surface area contributed by atoms with E-state index in [0.29, 0.717) is 11.4 Å². The van der Waals surface area contributed by atoms with Crippen LogP contribution in [0.15, 0.2) is 72.8 Å². The van der Waals surface area contributed by atoms with Crippen LogP contribution in [-0.4, -0.2) is 67.1 Å². The molecule has 2 saturated heterocycles. The minimum absolute atomic E-state index is 0.0926. The molecule has 2 amide bonds. The summed E-state index contributed by atoms with van der Waals surface area (Å²) in [5, 5.41) is 5.54. The second kappa shape index (κ2) is 12.6. The molecule has 3 aromatic rings. The molecular weight excluding hydrogens is 548 g/mol. The zero-order valence-corrected chi connectivity index (χ0v) is 23.2. The number of carbonyl (C=O) groups excluding carboxylic acids is 2. The average molecular weight is 583 g/mol. The second-order valence-corrected chi connectivity index (χ2v) is 11.0. The van der Waals surface area contributed by atoms with Crippen molar-refractivity contribution in [2.45, 2.75) is 37.3 Å². The molecule has 10 heteroatoms. The number of benzene rings is 3. The van der Waals surface area contributed by atoms with Gasteiger partial charge in [0.05, 0.1) is 13.1 Å². The molecule has 2 N–H and O–H groups in total. The smallest absolute Gasteiger partial charge is 0.325 e. The van der Waals surface area contributed by atoms with E-state index in [0.717, 1.165) is 76.1 Å². The lowest BCUT2D eigenvalue weighted by molar-refractivity contribution is -0.166. The molecule has 0 saturated carbocycles. The molecule has 222 valence electrons. The zero-order chi connectivity index (χ0) is 29.7. The van der Waals surface area contributed by atoms with E-state index in [9.17, 15) is 14.0 Å². The first kappa shape index (κ1) is 29.7. The van der Waals surface area contributed by atoms with Gasteiger partial charge in [-0.1, -0.05) is 36.4 Å². The van der Waals surface area contributed by atoms with Crippen LogP contribution in [0.2, 0.25) is 0 Å². The van der Waals surface area contributed by atoms with E-state index >= 15 is 13.2 Å². The molecule has 0 atom stereocenters. The van der Waals surface area contributed by atoms with Crippen molar-refractivity contribution in [3.8, 4) is 0 Å². The molecule has 2 aliphatic heterocycles. The predicted octanol–water partition coefficient (Wildman–Crippen LogP) is 5.79. The average Bonchev–Trinajstić information content (AvgIpc) is 3.66. The summed E-state index contributed by atoms with van der Waals surface area (Å²) in [6, 6.07) is 15.5. The third-order valence-corrected chi connectivity index (χ3v) is 8.04. The van der Waals surface area contributed by atoms with Crippen molar-refractivity contribution in [3.05, 3.63) is 95.3 Å². The summed E-state index contributed by atoms with van der Waals surface area (Å²) in [4.78, 5) is 29.0. The highest BCUT2D eigenvalue weighted by atomic mass is 19.4. The van der Waals surface area contributed by atoms with Crippen molar-refractivity contribution < 1.29 is 27.2 Å². The van der Waals surface area contributed by atoms with Crippen LogP contribution in [0, 0.1) is 5.82 Å². The first-order valence-electron chi connectivity index (χ1n) is 14.2. The maximum absolute atomic E-state index is 15.4. The van der Waals surface area contributed by atoms with Crippen LogP contribution in [0.4, 0.5) is 28.9 Å². The summed E-state index contributed by atoms with van der Waals surface area (Å²) >= 11 is 0. The summed E-state index contributed by atoms with van der Waals surface area (Å²) in [5.41, 5.74) is -2.22. The van der Waals surface area contributed by atoms with Crippen molar-refractivity contribution in [3.63, 3.8) is 0 Å². The minimum Gasteiger partial charge on any atom is -0.325 e. The van der Waals surface area contributed by atoms with Crippen LogP contribution in [0.1, 0.15) is 42.4 Å². The Bertz CT molecular complexity index is 1290. The monoisotopic (exact) mass is 582 g/mol. The molecule has 3 aromatic carbocycles. The van der Waals surface area contributed by atoms with E-state index in [1.807, 2.05) is 9.80 Å². The van der Waals surface area contributed by atoms with Gasteiger partial charge in [-0.2, -0.15) is 13.2 Å². The Morgan fingerprint density at radius 1 is 0.595 bits per heavy atom. The summed E-state index contributed by atoms with van der Waals surface area (Å²) in [6.45, 7) is 3.84. The molecule has 0 unspecified atom stereocenters. The van der Waals surface area contributed by atoms with Crippen LogP contribution in [0.5, 0.6) is 0 Å². The number of hydrogen-bond donors (Lipinski definition) is 2. The molecule has 0 aromatic heterocycles. The highest BCUT2D eigenvalue weighted by Gasteiger charge is 2.58. The standard InChI is InChI=1S/C32H34F4N4O2/c33-26-11-5-23(6-12-26)31(32(34,35)36,24-7-13-27(14-8-24)37-29(41)21-39-17-1-2-18-39)25-9-15-28(16-10-25)38-30(42)22-40-19-3-4-20-40/h5-16H,1-4,17-22H2,(H,37,41)(H,38,42). The Kier molecular flexibility index (Phi) is 8.93. The Morgan fingerprint density at radius 2 is 0.929 bits per heavy atom. The highest BCUT2D eigenvalue weighted by Crippen LogP contribution is 2.51. The topological polar surface area (TPSA) is 64.7 Å². The van der Waals surface area contributed by atoms with Crippen molar-refractivity contribution in [1.82, 2.24) is 9.80 Å². The van der Waals surface area contributed by atoms with Gasteiger partial charge in [-0.25, -0.2) is 4.39 Å². The highest BCUT2D eigenvalue weighted by molar-refractivity contribution is 5.93. The third-order valence-electron chi connectivity index (χ3n) is 8.04. The number of alkyl halides is 3. The Balaban J connectivity index is 1.45. The van der Waals surface area contributed by atoms with Crippen LogP contribution >= 0.6 is 0 Å². The maximum atomic E-state index is 15.4. The van der Waals surface area contributed by atoms with Crippen molar-refractivity contribution in [2.24, 2.45) is 0 Å². The largest absolute Gasteiger partial charge is 0.406 e. The fourth-order valence-electron chi connectivity index (χ4n) is 5.99. The third kappa shape index (κ3) is 6.50. The quantitative estimate of drug-likeness (QED) is 0.248. The van der Waals surface area contributed by atoms with E-state index in [1.54, 1.807) is 0 Å². The molecule has 0 radical (unpaired) electrons. The molecule has 0 spiro atoms. The molecule has 2 aliphatic rings. The summed E-state index contributed by atoms with van der Waals surface area (Å²) in [7, 11) is 0. The van der Waals surface area contributed by atoms with Crippen molar-refractivity contribution >= 4 is 23.2 Å². The normalized spacial score (nSPS) is 16.5. The first-order chi connectivity index (χ1) is 20.1. The molecule has 42 heavy (non-hydrogen) atoms. The molecular formula is C32H34F4N4O2. The van der Waals surface area contributed by atoms with Crippen LogP contribution in [0.25, 0.3) is 0 Å². The number of likely N-dealkylation sites (tertiary alicyclic amines) is 2. The number of rotatable bonds is 9. The number of carbonyl (C=O) groups is 2. The predicted molar refractivity (Wildman–Crippen MR) is 154 cm³/mol. The van der Waals surface area contributed by atoms with Gasteiger partial charge in [0.1, 0.15) is 11.2 Å². The van der Waals surface area contributed by atoms with Gasteiger partial charge in [0, 0.05) is 11.4 Å². The minimum atomic E-state index is -4.83. The fraction of sp³-hybridized carbons (Fsp3) is 0.375. The lowest BCUT2D eigenvalue weighted by Gasteiger charge is -2.37. The van der Waals surface area contributed by atoms with Crippen LogP contribution < -0.4 is 10.6 Å². The lowest BCUT2D eigenvalue weighted by atomic mass is 9.68. The lowest BCUT2D eigenvalue weighted by Crippen LogP contribution is -2.44. The Labute approximate surface area is 242 Å². The molecule has 2 heterocycles. The fourth-order valence-corrected chi connectivity index (χ4v) is 5.99. The van der Waals surface area contributed by atoms with E-state index in [1.165, 1.54) is 48.5 Å². The van der Waals surface area contributed by atoms with E-state index < -0.39 is 17.4 Å². The number of halogens is 4. The van der Waals surface area contributed by atoms with E-state index in [4.69, 9.17) is 0 Å². The van der Waals surface area contributed by atoms with Gasteiger partial charge in [0.2, 0.25) is 11.8 Å². The van der Waals surface area contributed by atoms with Crippen LogP contribution in [-0.2, 0) is 15.0 Å². The van der Waals surface area contributed by atoms with Gasteiger partial charge in [-0.05, 0) is 105 Å². The summed E-state index contributed by atoms with van der Waals surface area (Å²) in [5.74, 6) is -1.11. The van der Waals surface area contributed by atoms with E-state index in [-0.39, 0.29) is 41.6 Å². The Hall–Kier alpha value is -3.76. The van der Waals surface area contributed by atoms with Gasteiger partial charge < -0.3 is 10.6 Å². The number of nitrogens with one attached hydrogen (secondary N) is 2. The summed E-state index contributed by atoms with van der Waals surface area (Å²) in [6.07, 6.45) is -0.673. The van der Waals surface area contributed by atoms with Crippen LogP contribution in [0.3, 0.4) is 0 Å². The molecule has 5 rings (SSSR count). The van der Waals surface area contributed by atoms with Gasteiger partial charge >= 0.3 is 6.18 Å².